The predicted octanol–water partition coefficient (Wildman–Crippen LogP) is 3.18. The number of methoxy groups -OCH3 is 1. The van der Waals surface area contributed by atoms with Gasteiger partial charge in [0.05, 0.1) is 13.0 Å². The number of halogens is 1. The molecule has 1 heterocycles. The van der Waals surface area contributed by atoms with Crippen LogP contribution in [0.25, 0.3) is 0 Å². The molecule has 1 aliphatic rings. The van der Waals surface area contributed by atoms with Crippen molar-refractivity contribution in [3.8, 4) is 5.75 Å². The third-order valence-corrected chi connectivity index (χ3v) is 6.67. The van der Waals surface area contributed by atoms with E-state index in [0.29, 0.717) is 18.5 Å². The largest absolute Gasteiger partial charge is 0.495 e. The van der Waals surface area contributed by atoms with Crippen LogP contribution < -0.4 is 10.1 Å². The van der Waals surface area contributed by atoms with E-state index in [9.17, 15) is 17.6 Å². The summed E-state index contributed by atoms with van der Waals surface area (Å²) in [7, 11) is -2.65. The molecule has 0 bridgehead atoms. The molecule has 8 heteroatoms. The van der Waals surface area contributed by atoms with Gasteiger partial charge in [0.1, 0.15) is 16.5 Å². The second kappa shape index (κ2) is 8.28. The number of aryl methyl sites for hydroxylation is 1. The van der Waals surface area contributed by atoms with E-state index in [4.69, 9.17) is 4.74 Å². The van der Waals surface area contributed by atoms with Crippen molar-refractivity contribution >= 4 is 21.6 Å². The lowest BCUT2D eigenvalue weighted by molar-refractivity contribution is -0.120. The van der Waals surface area contributed by atoms with E-state index in [2.05, 4.69) is 5.32 Å². The molecule has 1 N–H and O–H groups in total. The molecular formula is C20H23FN2O4S. The first-order valence-corrected chi connectivity index (χ1v) is 10.5. The van der Waals surface area contributed by atoms with Crippen LogP contribution in [0.5, 0.6) is 5.75 Å². The van der Waals surface area contributed by atoms with E-state index in [0.717, 1.165) is 17.7 Å². The number of nitrogens with zero attached hydrogens (tertiary/aromatic N) is 1. The summed E-state index contributed by atoms with van der Waals surface area (Å²) in [6, 6.07) is 10.8. The molecule has 0 radical (unpaired) electrons. The predicted molar refractivity (Wildman–Crippen MR) is 104 cm³/mol. The summed E-state index contributed by atoms with van der Waals surface area (Å²) >= 11 is 0. The van der Waals surface area contributed by atoms with Crippen molar-refractivity contribution in [1.82, 2.24) is 4.31 Å². The third-order valence-electron chi connectivity index (χ3n) is 4.78. The Morgan fingerprint density at radius 2 is 2.04 bits per heavy atom. The standard InChI is InChI=1S/C20H23FN2O4S/c1-14-5-3-7-17(11-14)22-20(24)15-6-4-10-23(13-15)28(25,26)19-12-16(21)8-9-18(19)27-2/h3,5,7-9,11-12,15H,4,6,10,13H2,1-2H3,(H,22,24)/t15-/m0/s1. The molecule has 2 aromatic carbocycles. The first kappa shape index (κ1) is 20.3. The SMILES string of the molecule is COc1ccc(F)cc1S(=O)(=O)N1CCC[C@H](C(=O)Nc2cccc(C)c2)C1. The van der Waals surface area contributed by atoms with Crippen LogP contribution in [0.15, 0.2) is 47.4 Å². The van der Waals surface area contributed by atoms with E-state index in [1.54, 1.807) is 6.07 Å². The number of piperidine rings is 1. The fourth-order valence-electron chi connectivity index (χ4n) is 3.33. The van der Waals surface area contributed by atoms with Crippen LogP contribution in [0.1, 0.15) is 18.4 Å². The van der Waals surface area contributed by atoms with Gasteiger partial charge in [-0.25, -0.2) is 12.8 Å². The summed E-state index contributed by atoms with van der Waals surface area (Å²) in [6.07, 6.45) is 1.13. The number of hydrogen-bond donors (Lipinski definition) is 1. The topological polar surface area (TPSA) is 75.7 Å². The van der Waals surface area contributed by atoms with Crippen LogP contribution in [0, 0.1) is 18.7 Å². The highest BCUT2D eigenvalue weighted by Gasteiger charge is 2.35. The van der Waals surface area contributed by atoms with E-state index in [1.165, 1.54) is 17.5 Å². The van der Waals surface area contributed by atoms with Gasteiger partial charge in [0, 0.05) is 18.8 Å². The van der Waals surface area contributed by atoms with Crippen molar-refractivity contribution in [2.45, 2.75) is 24.7 Å². The Kier molecular flexibility index (Phi) is 6.00. The number of anilines is 1. The molecule has 0 unspecified atom stereocenters. The molecule has 2 aromatic rings. The quantitative estimate of drug-likeness (QED) is 0.828. The minimum atomic E-state index is -3.98. The summed E-state index contributed by atoms with van der Waals surface area (Å²) in [4.78, 5) is 12.4. The van der Waals surface area contributed by atoms with Crippen molar-refractivity contribution in [1.29, 1.82) is 0 Å². The zero-order valence-corrected chi connectivity index (χ0v) is 16.6. The van der Waals surface area contributed by atoms with Gasteiger partial charge in [-0.15, -0.1) is 0 Å². The number of amides is 1. The molecule has 1 aliphatic heterocycles. The molecule has 1 saturated heterocycles. The van der Waals surface area contributed by atoms with Gasteiger partial charge in [0.25, 0.3) is 0 Å². The van der Waals surface area contributed by atoms with Gasteiger partial charge in [-0.1, -0.05) is 12.1 Å². The monoisotopic (exact) mass is 406 g/mol. The van der Waals surface area contributed by atoms with E-state index in [-0.39, 0.29) is 29.6 Å². The van der Waals surface area contributed by atoms with E-state index >= 15 is 0 Å². The molecular weight excluding hydrogens is 383 g/mol. The van der Waals surface area contributed by atoms with Crippen LogP contribution in [-0.2, 0) is 14.8 Å². The van der Waals surface area contributed by atoms with Crippen LogP contribution in [0.2, 0.25) is 0 Å². The fraction of sp³-hybridized carbons (Fsp3) is 0.350. The number of hydrogen-bond acceptors (Lipinski definition) is 4. The molecule has 0 spiro atoms. The van der Waals surface area contributed by atoms with Crippen LogP contribution in [0.3, 0.4) is 0 Å². The van der Waals surface area contributed by atoms with Gasteiger partial charge in [0.15, 0.2) is 0 Å². The van der Waals surface area contributed by atoms with Crippen LogP contribution in [0.4, 0.5) is 10.1 Å². The highest BCUT2D eigenvalue weighted by atomic mass is 32.2. The number of sulfonamides is 1. The molecule has 0 aliphatic carbocycles. The second-order valence-electron chi connectivity index (χ2n) is 6.86. The van der Waals surface area contributed by atoms with Crippen LogP contribution in [-0.4, -0.2) is 38.8 Å². The molecule has 28 heavy (non-hydrogen) atoms. The summed E-state index contributed by atoms with van der Waals surface area (Å²) in [5.74, 6) is -1.29. The number of carbonyl (C=O) groups excluding carboxylic acids is 1. The second-order valence-corrected chi connectivity index (χ2v) is 8.76. The lowest BCUT2D eigenvalue weighted by Gasteiger charge is -2.31. The smallest absolute Gasteiger partial charge is 0.246 e. The Hall–Kier alpha value is -2.45. The summed E-state index contributed by atoms with van der Waals surface area (Å²) in [6.45, 7) is 2.24. The van der Waals surface area contributed by atoms with Crippen molar-refractivity contribution in [2.75, 3.05) is 25.5 Å². The minimum Gasteiger partial charge on any atom is -0.495 e. The zero-order valence-electron chi connectivity index (χ0n) is 15.8. The van der Waals surface area contributed by atoms with Crippen molar-refractivity contribution in [2.24, 2.45) is 5.92 Å². The third kappa shape index (κ3) is 4.34. The summed E-state index contributed by atoms with van der Waals surface area (Å²) < 4.78 is 46.1. The minimum absolute atomic E-state index is 0.0413. The van der Waals surface area contributed by atoms with E-state index < -0.39 is 21.8 Å². The summed E-state index contributed by atoms with van der Waals surface area (Å²) in [5.41, 5.74) is 1.70. The van der Waals surface area contributed by atoms with Crippen LogP contribution >= 0.6 is 0 Å². The lowest BCUT2D eigenvalue weighted by atomic mass is 9.98. The maximum atomic E-state index is 13.7. The molecule has 1 fully saturated rings. The van der Waals surface area contributed by atoms with Gasteiger partial charge in [-0.3, -0.25) is 4.79 Å². The highest BCUT2D eigenvalue weighted by molar-refractivity contribution is 7.89. The van der Waals surface area contributed by atoms with Gasteiger partial charge in [-0.05, 0) is 55.7 Å². The number of ether oxygens (including phenoxy) is 1. The first-order valence-electron chi connectivity index (χ1n) is 9.02. The van der Waals surface area contributed by atoms with Gasteiger partial charge in [0.2, 0.25) is 15.9 Å². The van der Waals surface area contributed by atoms with E-state index in [1.807, 2.05) is 25.1 Å². The van der Waals surface area contributed by atoms with Crippen molar-refractivity contribution in [3.63, 3.8) is 0 Å². The average molecular weight is 406 g/mol. The Labute approximate surface area is 164 Å². The normalized spacial score (nSPS) is 17.9. The molecule has 0 aromatic heterocycles. The Morgan fingerprint density at radius 1 is 1.25 bits per heavy atom. The first-order chi connectivity index (χ1) is 13.3. The molecule has 3 rings (SSSR count). The number of carbonyl (C=O) groups is 1. The molecule has 1 atom stereocenters. The Morgan fingerprint density at radius 3 is 2.75 bits per heavy atom. The molecule has 1 amide bonds. The Balaban J connectivity index is 1.79. The van der Waals surface area contributed by atoms with Crippen molar-refractivity contribution < 1.29 is 22.3 Å². The number of rotatable bonds is 5. The Bertz CT molecular complexity index is 978. The fourth-order valence-corrected chi connectivity index (χ4v) is 5.02. The molecule has 150 valence electrons. The number of nitrogens with one attached hydrogen (secondary N) is 1. The highest BCUT2D eigenvalue weighted by Crippen LogP contribution is 2.30. The van der Waals surface area contributed by atoms with Gasteiger partial charge >= 0.3 is 0 Å². The van der Waals surface area contributed by atoms with Gasteiger partial charge in [-0.2, -0.15) is 4.31 Å². The van der Waals surface area contributed by atoms with Gasteiger partial charge < -0.3 is 10.1 Å². The average Bonchev–Trinajstić information content (AvgIpc) is 2.68. The molecule has 0 saturated carbocycles. The van der Waals surface area contributed by atoms with Crippen molar-refractivity contribution in [3.05, 3.63) is 53.8 Å². The molecule has 6 nitrogen and oxygen atoms in total. The maximum absolute atomic E-state index is 13.7. The lowest BCUT2D eigenvalue weighted by Crippen LogP contribution is -2.43. The number of benzene rings is 2. The summed E-state index contributed by atoms with van der Waals surface area (Å²) in [5, 5.41) is 2.85. The maximum Gasteiger partial charge on any atom is 0.246 e. The zero-order chi connectivity index (χ0) is 20.3.